The summed E-state index contributed by atoms with van der Waals surface area (Å²) in [6, 6.07) is 7.65. The molecular weight excluding hydrogens is 270 g/mol. The molecule has 1 fully saturated rings. The van der Waals surface area contributed by atoms with E-state index in [1.54, 1.807) is 6.20 Å². The van der Waals surface area contributed by atoms with E-state index in [1.807, 2.05) is 24.3 Å². The highest BCUT2D eigenvalue weighted by Crippen LogP contribution is 2.16. The highest BCUT2D eigenvalue weighted by Gasteiger charge is 2.23. The van der Waals surface area contributed by atoms with Gasteiger partial charge in [0.05, 0.1) is 33.3 Å². The van der Waals surface area contributed by atoms with Crippen LogP contribution >= 0.6 is 12.4 Å². The Morgan fingerprint density at radius 2 is 2.06 bits per heavy atom. The van der Waals surface area contributed by atoms with E-state index in [2.05, 4.69) is 15.3 Å². The van der Waals surface area contributed by atoms with Crippen LogP contribution in [-0.4, -0.2) is 32.5 Å². The number of para-hydroxylation sites is 2. The lowest BCUT2D eigenvalue weighted by atomic mass is 10.3. The van der Waals surface area contributed by atoms with Crippen LogP contribution in [0.2, 0.25) is 0 Å². The van der Waals surface area contributed by atoms with Gasteiger partial charge in [-0.15, -0.1) is 12.4 Å². The minimum absolute atomic E-state index is 0. The van der Waals surface area contributed by atoms with Gasteiger partial charge in [0, 0.05) is 6.54 Å². The second-order valence-corrected chi connectivity index (χ2v) is 5.79. The van der Waals surface area contributed by atoms with Gasteiger partial charge in [0.1, 0.15) is 5.03 Å². The van der Waals surface area contributed by atoms with E-state index in [0.717, 1.165) is 30.5 Å². The zero-order valence-corrected chi connectivity index (χ0v) is 11.3. The van der Waals surface area contributed by atoms with Gasteiger partial charge in [-0.25, -0.2) is 4.98 Å². The van der Waals surface area contributed by atoms with Crippen molar-refractivity contribution in [2.24, 2.45) is 0 Å². The van der Waals surface area contributed by atoms with Gasteiger partial charge in [0.15, 0.2) is 0 Å². The number of hydrogen-bond acceptors (Lipinski definition) is 4. The summed E-state index contributed by atoms with van der Waals surface area (Å²) >= 11 is 0. The number of aromatic nitrogens is 2. The molecule has 18 heavy (non-hydrogen) atoms. The molecular formula is C12H14ClN3OS. The maximum Gasteiger partial charge on any atom is 0.146 e. The summed E-state index contributed by atoms with van der Waals surface area (Å²) in [6.45, 7) is 1.75. The molecule has 1 saturated heterocycles. The largest absolute Gasteiger partial charge is 0.315 e. The highest BCUT2D eigenvalue weighted by atomic mass is 35.5. The standard InChI is InChI=1S/C12H13N3OS.ClH/c16-17(9-5-6-13-7-9)12-8-14-10-3-1-2-4-11(10)15-12;/h1-4,8-9,13H,5-7H2;1H. The predicted molar refractivity (Wildman–Crippen MR) is 74.5 cm³/mol. The molecule has 2 atom stereocenters. The van der Waals surface area contributed by atoms with Gasteiger partial charge >= 0.3 is 0 Å². The first-order valence-corrected chi connectivity index (χ1v) is 6.89. The van der Waals surface area contributed by atoms with E-state index < -0.39 is 10.8 Å². The average Bonchev–Trinajstić information content (AvgIpc) is 2.91. The lowest BCUT2D eigenvalue weighted by Crippen LogP contribution is -2.19. The molecule has 1 aromatic carbocycles. The summed E-state index contributed by atoms with van der Waals surface area (Å²) in [5, 5.41) is 3.99. The monoisotopic (exact) mass is 283 g/mol. The SMILES string of the molecule is Cl.O=S(c1cnc2ccccc2n1)C1CCNC1. The van der Waals surface area contributed by atoms with Gasteiger partial charge in [0.25, 0.3) is 0 Å². The fourth-order valence-electron chi connectivity index (χ4n) is 2.02. The summed E-state index contributed by atoms with van der Waals surface area (Å²) in [5.41, 5.74) is 1.65. The van der Waals surface area contributed by atoms with Crippen molar-refractivity contribution in [1.29, 1.82) is 0 Å². The van der Waals surface area contributed by atoms with Crippen molar-refractivity contribution in [3.05, 3.63) is 30.5 Å². The molecule has 2 unspecified atom stereocenters. The van der Waals surface area contributed by atoms with Gasteiger partial charge in [-0.2, -0.15) is 0 Å². The Labute approximate surface area is 114 Å². The summed E-state index contributed by atoms with van der Waals surface area (Å²) in [6.07, 6.45) is 2.58. The van der Waals surface area contributed by atoms with E-state index in [4.69, 9.17) is 0 Å². The van der Waals surface area contributed by atoms with Gasteiger partial charge < -0.3 is 5.32 Å². The Bertz CT molecular complexity index is 572. The van der Waals surface area contributed by atoms with Crippen LogP contribution in [0.4, 0.5) is 0 Å². The molecule has 0 spiro atoms. The first kappa shape index (κ1) is 13.4. The minimum Gasteiger partial charge on any atom is -0.315 e. The van der Waals surface area contributed by atoms with E-state index in [1.165, 1.54) is 0 Å². The topological polar surface area (TPSA) is 54.9 Å². The Morgan fingerprint density at radius 3 is 2.78 bits per heavy atom. The van der Waals surface area contributed by atoms with Crippen LogP contribution in [0.5, 0.6) is 0 Å². The molecule has 0 amide bonds. The smallest absolute Gasteiger partial charge is 0.146 e. The van der Waals surface area contributed by atoms with Crippen molar-refractivity contribution >= 4 is 34.2 Å². The Balaban J connectivity index is 0.00000120. The maximum atomic E-state index is 12.3. The van der Waals surface area contributed by atoms with Crippen LogP contribution in [0.3, 0.4) is 0 Å². The third-order valence-corrected chi connectivity index (χ3v) is 4.57. The number of halogens is 1. The Morgan fingerprint density at radius 1 is 1.28 bits per heavy atom. The van der Waals surface area contributed by atoms with Crippen molar-refractivity contribution in [3.63, 3.8) is 0 Å². The fraction of sp³-hybridized carbons (Fsp3) is 0.333. The van der Waals surface area contributed by atoms with Crippen LogP contribution in [-0.2, 0) is 10.8 Å². The molecule has 6 heteroatoms. The Hall–Kier alpha value is -1.04. The molecule has 4 nitrogen and oxygen atoms in total. The molecule has 2 heterocycles. The first-order chi connectivity index (χ1) is 8.34. The number of nitrogens with zero attached hydrogens (tertiary/aromatic N) is 2. The molecule has 0 radical (unpaired) electrons. The second-order valence-electron chi connectivity index (χ2n) is 4.11. The predicted octanol–water partition coefficient (Wildman–Crippen LogP) is 1.52. The number of benzene rings is 1. The molecule has 1 N–H and O–H groups in total. The van der Waals surface area contributed by atoms with Crippen molar-refractivity contribution in [2.75, 3.05) is 13.1 Å². The van der Waals surface area contributed by atoms with Crippen molar-refractivity contribution in [2.45, 2.75) is 16.7 Å². The van der Waals surface area contributed by atoms with Crippen molar-refractivity contribution in [1.82, 2.24) is 15.3 Å². The van der Waals surface area contributed by atoms with E-state index >= 15 is 0 Å². The van der Waals surface area contributed by atoms with E-state index in [9.17, 15) is 4.21 Å². The number of nitrogens with one attached hydrogen (secondary N) is 1. The van der Waals surface area contributed by atoms with Gasteiger partial charge in [-0.05, 0) is 25.1 Å². The zero-order valence-electron chi connectivity index (χ0n) is 9.70. The van der Waals surface area contributed by atoms with Crippen LogP contribution in [0.1, 0.15) is 6.42 Å². The fourth-order valence-corrected chi connectivity index (χ4v) is 3.31. The molecule has 1 aliphatic heterocycles. The van der Waals surface area contributed by atoms with E-state index in [-0.39, 0.29) is 17.7 Å². The summed E-state index contributed by atoms with van der Waals surface area (Å²) in [4.78, 5) is 8.73. The second kappa shape index (κ2) is 5.73. The zero-order chi connectivity index (χ0) is 11.7. The van der Waals surface area contributed by atoms with Gasteiger partial charge in [-0.1, -0.05) is 12.1 Å². The lowest BCUT2D eigenvalue weighted by Gasteiger charge is -2.07. The first-order valence-electron chi connectivity index (χ1n) is 5.68. The molecule has 3 rings (SSSR count). The van der Waals surface area contributed by atoms with Crippen LogP contribution < -0.4 is 5.32 Å². The highest BCUT2D eigenvalue weighted by molar-refractivity contribution is 7.85. The number of fused-ring (bicyclic) bond motifs is 1. The van der Waals surface area contributed by atoms with Crippen molar-refractivity contribution in [3.8, 4) is 0 Å². The lowest BCUT2D eigenvalue weighted by molar-refractivity contribution is 0.669. The van der Waals surface area contributed by atoms with Gasteiger partial charge in [0.2, 0.25) is 0 Å². The molecule has 1 aliphatic rings. The van der Waals surface area contributed by atoms with Crippen LogP contribution in [0.25, 0.3) is 11.0 Å². The summed E-state index contributed by atoms with van der Waals surface area (Å²) in [5.74, 6) is 0. The summed E-state index contributed by atoms with van der Waals surface area (Å²) in [7, 11) is -1.05. The van der Waals surface area contributed by atoms with Crippen molar-refractivity contribution < 1.29 is 4.21 Å². The molecule has 0 saturated carbocycles. The quantitative estimate of drug-likeness (QED) is 0.908. The number of rotatable bonds is 2. The minimum atomic E-state index is -1.05. The van der Waals surface area contributed by atoms with Crippen LogP contribution in [0.15, 0.2) is 35.5 Å². The third-order valence-electron chi connectivity index (χ3n) is 2.95. The molecule has 96 valence electrons. The number of hydrogen-bond donors (Lipinski definition) is 1. The molecule has 0 aliphatic carbocycles. The van der Waals surface area contributed by atoms with Crippen LogP contribution in [0, 0.1) is 0 Å². The van der Waals surface area contributed by atoms with E-state index in [0.29, 0.717) is 5.03 Å². The molecule has 1 aromatic heterocycles. The average molecular weight is 284 g/mol. The molecule has 0 bridgehead atoms. The molecule has 2 aromatic rings. The van der Waals surface area contributed by atoms with Gasteiger partial charge in [-0.3, -0.25) is 9.19 Å². The normalized spacial score (nSPS) is 20.6. The maximum absolute atomic E-state index is 12.3. The summed E-state index contributed by atoms with van der Waals surface area (Å²) < 4.78 is 12.3. The Kier molecular flexibility index (Phi) is 4.27. The third kappa shape index (κ3) is 2.53.